The van der Waals surface area contributed by atoms with Gasteiger partial charge in [-0.15, -0.1) is 0 Å². The van der Waals surface area contributed by atoms with Gasteiger partial charge >= 0.3 is 0 Å². The second kappa shape index (κ2) is 10.3. The molecule has 0 aliphatic carbocycles. The molecule has 1 aromatic rings. The molecule has 0 saturated heterocycles. The third kappa shape index (κ3) is 7.24. The molecule has 1 unspecified atom stereocenters. The number of carbonyl (C=O) groups is 1. The van der Waals surface area contributed by atoms with E-state index in [0.717, 1.165) is 25.8 Å². The highest BCUT2D eigenvalue weighted by Gasteiger charge is 2.39. The average Bonchev–Trinajstić information content (AvgIpc) is 2.57. The van der Waals surface area contributed by atoms with Gasteiger partial charge in [-0.1, -0.05) is 71.4 Å². The summed E-state index contributed by atoms with van der Waals surface area (Å²) in [5.41, 5.74) is 1.19. The molecule has 1 aromatic carbocycles. The standard InChI is InChI=1S/C22H39NO2Si/c1-8-10-16-23(18-19-14-12-11-13-15-19)21(24)17-20(9-2)25-26(6,7)22(3,4)5/h11-15,20H,8-10,16-18H2,1-7H3. The van der Waals surface area contributed by atoms with Gasteiger partial charge in [0.15, 0.2) is 8.32 Å². The summed E-state index contributed by atoms with van der Waals surface area (Å²) < 4.78 is 6.52. The SMILES string of the molecule is CCCCN(Cc1ccccc1)C(=O)CC(CC)O[Si](C)(C)C(C)(C)C. The smallest absolute Gasteiger partial charge is 0.225 e. The molecular formula is C22H39NO2Si. The van der Waals surface area contributed by atoms with E-state index in [1.807, 2.05) is 23.1 Å². The van der Waals surface area contributed by atoms with Gasteiger partial charge in [0, 0.05) is 13.1 Å². The average molecular weight is 378 g/mol. The predicted octanol–water partition coefficient (Wildman–Crippen LogP) is 6.01. The number of hydrogen-bond donors (Lipinski definition) is 0. The van der Waals surface area contributed by atoms with E-state index >= 15 is 0 Å². The number of hydrogen-bond acceptors (Lipinski definition) is 2. The van der Waals surface area contributed by atoms with E-state index in [1.54, 1.807) is 0 Å². The Labute approximate surface area is 162 Å². The number of amides is 1. The second-order valence-corrected chi connectivity index (χ2v) is 13.5. The minimum absolute atomic E-state index is 0.0169. The van der Waals surface area contributed by atoms with Crippen LogP contribution in [0.5, 0.6) is 0 Å². The Hall–Kier alpha value is -1.13. The summed E-state index contributed by atoms with van der Waals surface area (Å²) in [6, 6.07) is 10.3. The van der Waals surface area contributed by atoms with E-state index in [1.165, 1.54) is 5.56 Å². The van der Waals surface area contributed by atoms with Crippen LogP contribution >= 0.6 is 0 Å². The summed E-state index contributed by atoms with van der Waals surface area (Å²) in [5, 5.41) is 0.162. The van der Waals surface area contributed by atoms with Crippen molar-refractivity contribution in [1.82, 2.24) is 4.90 Å². The molecule has 0 radical (unpaired) electrons. The number of carbonyl (C=O) groups excluding carboxylic acids is 1. The van der Waals surface area contributed by atoms with Crippen LogP contribution in [0.1, 0.15) is 65.9 Å². The Balaban J connectivity index is 2.79. The summed E-state index contributed by atoms with van der Waals surface area (Å²) in [6.07, 6.45) is 3.52. The molecule has 3 nitrogen and oxygen atoms in total. The molecule has 0 saturated carbocycles. The number of nitrogens with zero attached hydrogens (tertiary/aromatic N) is 1. The van der Waals surface area contributed by atoms with E-state index in [-0.39, 0.29) is 17.0 Å². The van der Waals surface area contributed by atoms with E-state index in [2.05, 4.69) is 59.8 Å². The van der Waals surface area contributed by atoms with Crippen molar-refractivity contribution >= 4 is 14.2 Å². The molecule has 148 valence electrons. The lowest BCUT2D eigenvalue weighted by Gasteiger charge is -2.39. The van der Waals surface area contributed by atoms with E-state index in [0.29, 0.717) is 13.0 Å². The number of rotatable bonds is 10. The Morgan fingerprint density at radius 2 is 1.77 bits per heavy atom. The Kier molecular flexibility index (Phi) is 9.04. The van der Waals surface area contributed by atoms with Crippen molar-refractivity contribution in [3.8, 4) is 0 Å². The summed E-state index contributed by atoms with van der Waals surface area (Å²) in [7, 11) is -1.86. The molecule has 0 fully saturated rings. The fourth-order valence-electron chi connectivity index (χ4n) is 2.63. The van der Waals surface area contributed by atoms with Crippen molar-refractivity contribution in [2.24, 2.45) is 0 Å². The molecule has 0 aliphatic rings. The summed E-state index contributed by atoms with van der Waals surface area (Å²) in [6.45, 7) is 17.1. The van der Waals surface area contributed by atoms with Crippen LogP contribution in [0.2, 0.25) is 18.1 Å². The zero-order valence-corrected chi connectivity index (χ0v) is 19.0. The van der Waals surface area contributed by atoms with Gasteiger partial charge in [0.2, 0.25) is 5.91 Å². The maximum absolute atomic E-state index is 13.0. The van der Waals surface area contributed by atoms with Gasteiger partial charge < -0.3 is 9.33 Å². The summed E-state index contributed by atoms with van der Waals surface area (Å²) in [5.74, 6) is 0.216. The highest BCUT2D eigenvalue weighted by molar-refractivity contribution is 6.74. The van der Waals surface area contributed by atoms with Gasteiger partial charge in [0.25, 0.3) is 0 Å². The topological polar surface area (TPSA) is 29.5 Å². The summed E-state index contributed by atoms with van der Waals surface area (Å²) in [4.78, 5) is 15.0. The predicted molar refractivity (Wildman–Crippen MR) is 114 cm³/mol. The Morgan fingerprint density at radius 1 is 1.15 bits per heavy atom. The maximum Gasteiger partial charge on any atom is 0.225 e. The van der Waals surface area contributed by atoms with Crippen molar-refractivity contribution in [3.05, 3.63) is 35.9 Å². The van der Waals surface area contributed by atoms with Crippen molar-refractivity contribution in [2.45, 2.75) is 91.1 Å². The molecule has 26 heavy (non-hydrogen) atoms. The van der Waals surface area contributed by atoms with Crippen LogP contribution in [0.25, 0.3) is 0 Å². The van der Waals surface area contributed by atoms with Gasteiger partial charge in [-0.25, -0.2) is 0 Å². The first kappa shape index (κ1) is 22.9. The highest BCUT2D eigenvalue weighted by Crippen LogP contribution is 2.38. The van der Waals surface area contributed by atoms with Crippen LogP contribution in [-0.4, -0.2) is 31.8 Å². The minimum atomic E-state index is -1.86. The van der Waals surface area contributed by atoms with Gasteiger partial charge in [0.1, 0.15) is 0 Å². The quantitative estimate of drug-likeness (QED) is 0.468. The number of unbranched alkanes of at least 4 members (excludes halogenated alkanes) is 1. The lowest BCUT2D eigenvalue weighted by atomic mass is 10.1. The van der Waals surface area contributed by atoms with Gasteiger partial charge in [0.05, 0.1) is 12.5 Å². The summed E-state index contributed by atoms with van der Waals surface area (Å²) >= 11 is 0. The largest absolute Gasteiger partial charge is 0.413 e. The fraction of sp³-hybridized carbons (Fsp3) is 0.682. The van der Waals surface area contributed by atoms with Crippen LogP contribution in [-0.2, 0) is 15.8 Å². The first-order valence-electron chi connectivity index (χ1n) is 10.1. The normalized spacial score (nSPS) is 13.5. The third-order valence-corrected chi connectivity index (χ3v) is 10.0. The third-order valence-electron chi connectivity index (χ3n) is 5.48. The first-order chi connectivity index (χ1) is 12.1. The zero-order chi connectivity index (χ0) is 19.8. The molecule has 0 bridgehead atoms. The molecular weight excluding hydrogens is 338 g/mol. The zero-order valence-electron chi connectivity index (χ0n) is 18.0. The Bertz CT molecular complexity index is 537. The maximum atomic E-state index is 13.0. The molecule has 0 heterocycles. The monoisotopic (exact) mass is 377 g/mol. The van der Waals surface area contributed by atoms with Crippen molar-refractivity contribution in [2.75, 3.05) is 6.54 Å². The van der Waals surface area contributed by atoms with Gasteiger partial charge in [-0.05, 0) is 36.5 Å². The number of benzene rings is 1. The molecule has 0 spiro atoms. The van der Waals surface area contributed by atoms with Crippen LogP contribution < -0.4 is 0 Å². The highest BCUT2D eigenvalue weighted by atomic mass is 28.4. The molecule has 4 heteroatoms. The molecule has 1 atom stereocenters. The Morgan fingerprint density at radius 3 is 2.27 bits per heavy atom. The van der Waals surface area contributed by atoms with Crippen molar-refractivity contribution < 1.29 is 9.22 Å². The van der Waals surface area contributed by atoms with E-state index < -0.39 is 8.32 Å². The fourth-order valence-corrected chi connectivity index (χ4v) is 4.07. The molecule has 0 N–H and O–H groups in total. The van der Waals surface area contributed by atoms with Gasteiger partial charge in [-0.3, -0.25) is 4.79 Å². The molecule has 1 rings (SSSR count). The lowest BCUT2D eigenvalue weighted by Crippen LogP contribution is -2.45. The minimum Gasteiger partial charge on any atom is -0.413 e. The van der Waals surface area contributed by atoms with E-state index in [4.69, 9.17) is 4.43 Å². The first-order valence-corrected chi connectivity index (χ1v) is 13.0. The lowest BCUT2D eigenvalue weighted by molar-refractivity contribution is -0.133. The van der Waals surface area contributed by atoms with E-state index in [9.17, 15) is 4.79 Å². The molecule has 0 aromatic heterocycles. The van der Waals surface area contributed by atoms with Crippen molar-refractivity contribution in [3.63, 3.8) is 0 Å². The van der Waals surface area contributed by atoms with Crippen LogP contribution in [0.3, 0.4) is 0 Å². The van der Waals surface area contributed by atoms with Gasteiger partial charge in [-0.2, -0.15) is 0 Å². The van der Waals surface area contributed by atoms with Crippen LogP contribution in [0.4, 0.5) is 0 Å². The van der Waals surface area contributed by atoms with Crippen LogP contribution in [0.15, 0.2) is 30.3 Å². The van der Waals surface area contributed by atoms with Crippen LogP contribution in [0, 0.1) is 0 Å². The second-order valence-electron chi connectivity index (χ2n) is 8.77. The van der Waals surface area contributed by atoms with Crippen molar-refractivity contribution in [1.29, 1.82) is 0 Å². The molecule has 1 amide bonds. The molecule has 0 aliphatic heterocycles.